The molecule has 0 radical (unpaired) electrons. The molecule has 1 saturated heterocycles. The van der Waals surface area contributed by atoms with Crippen molar-refractivity contribution in [3.63, 3.8) is 0 Å². The van der Waals surface area contributed by atoms with Crippen molar-refractivity contribution in [3.05, 3.63) is 59.7 Å². The Morgan fingerprint density at radius 2 is 1.62 bits per heavy atom. The Labute approximate surface area is 173 Å². The van der Waals surface area contributed by atoms with Gasteiger partial charge in [0.2, 0.25) is 10.0 Å². The minimum atomic E-state index is -3.55. The van der Waals surface area contributed by atoms with E-state index in [-0.39, 0.29) is 16.8 Å². The van der Waals surface area contributed by atoms with Gasteiger partial charge in [-0.05, 0) is 62.7 Å². The standard InChI is InChI=1S/C22H29N3O3S/c1-17(2)23(4)29(27,28)21-10-8-19(9-11-21)22(26)25-14-12-24(13-15-25)20-7-5-6-18(3)16-20/h5-11,16-17H,12-15H2,1-4H3. The van der Waals surface area contributed by atoms with Crippen molar-refractivity contribution in [3.8, 4) is 0 Å². The fourth-order valence-electron chi connectivity index (χ4n) is 3.39. The smallest absolute Gasteiger partial charge is 0.253 e. The summed E-state index contributed by atoms with van der Waals surface area (Å²) >= 11 is 0. The maximum atomic E-state index is 12.8. The number of nitrogens with zero attached hydrogens (tertiary/aromatic N) is 3. The molecule has 0 unspecified atom stereocenters. The van der Waals surface area contributed by atoms with Crippen LogP contribution >= 0.6 is 0 Å². The molecule has 0 aliphatic carbocycles. The first-order chi connectivity index (χ1) is 13.7. The number of anilines is 1. The molecule has 0 N–H and O–H groups in total. The average molecular weight is 416 g/mol. The molecule has 0 bridgehead atoms. The van der Waals surface area contributed by atoms with E-state index < -0.39 is 10.0 Å². The molecule has 0 spiro atoms. The maximum absolute atomic E-state index is 12.8. The van der Waals surface area contributed by atoms with Crippen LogP contribution in [0.4, 0.5) is 5.69 Å². The number of aryl methyl sites for hydroxylation is 1. The summed E-state index contributed by atoms with van der Waals surface area (Å²) in [7, 11) is -1.98. The Bertz CT molecular complexity index is 963. The van der Waals surface area contributed by atoms with Crippen molar-refractivity contribution in [1.82, 2.24) is 9.21 Å². The van der Waals surface area contributed by atoms with E-state index in [0.717, 1.165) is 13.1 Å². The van der Waals surface area contributed by atoms with Gasteiger partial charge in [-0.2, -0.15) is 4.31 Å². The number of hydrogen-bond acceptors (Lipinski definition) is 4. The minimum absolute atomic E-state index is 0.0601. The van der Waals surface area contributed by atoms with Crippen LogP contribution < -0.4 is 4.90 Å². The van der Waals surface area contributed by atoms with Gasteiger partial charge >= 0.3 is 0 Å². The van der Waals surface area contributed by atoms with Crippen LogP contribution in [-0.2, 0) is 10.0 Å². The zero-order valence-electron chi connectivity index (χ0n) is 17.5. The third kappa shape index (κ3) is 4.62. The predicted octanol–water partition coefficient (Wildman–Crippen LogP) is 2.99. The van der Waals surface area contributed by atoms with Gasteiger partial charge in [0.25, 0.3) is 5.91 Å². The van der Waals surface area contributed by atoms with E-state index in [9.17, 15) is 13.2 Å². The number of amides is 1. The third-order valence-corrected chi connectivity index (χ3v) is 7.49. The van der Waals surface area contributed by atoms with Crippen LogP contribution in [-0.4, -0.2) is 62.8 Å². The summed E-state index contributed by atoms with van der Waals surface area (Å²) in [5.41, 5.74) is 2.92. The number of carbonyl (C=O) groups excluding carboxylic acids is 1. The molecule has 0 saturated carbocycles. The number of sulfonamides is 1. The Hall–Kier alpha value is -2.38. The van der Waals surface area contributed by atoms with Gasteiger partial charge in [0, 0.05) is 50.5 Å². The molecule has 0 atom stereocenters. The highest BCUT2D eigenvalue weighted by atomic mass is 32.2. The first-order valence-electron chi connectivity index (χ1n) is 9.89. The first kappa shape index (κ1) is 21.3. The van der Waals surface area contributed by atoms with E-state index in [1.807, 2.05) is 18.7 Å². The molecule has 1 heterocycles. The van der Waals surface area contributed by atoms with Crippen LogP contribution in [0.1, 0.15) is 29.8 Å². The van der Waals surface area contributed by atoms with Crippen LogP contribution in [0.3, 0.4) is 0 Å². The largest absolute Gasteiger partial charge is 0.368 e. The molecule has 2 aromatic rings. The lowest BCUT2D eigenvalue weighted by atomic mass is 10.1. The molecule has 1 aliphatic rings. The van der Waals surface area contributed by atoms with Crippen molar-refractivity contribution in [1.29, 1.82) is 0 Å². The van der Waals surface area contributed by atoms with Gasteiger partial charge in [0.05, 0.1) is 4.90 Å². The molecule has 7 heteroatoms. The summed E-state index contributed by atoms with van der Waals surface area (Å²) in [6, 6.07) is 14.5. The van der Waals surface area contributed by atoms with Gasteiger partial charge in [-0.15, -0.1) is 0 Å². The van der Waals surface area contributed by atoms with Crippen molar-refractivity contribution in [2.45, 2.75) is 31.7 Å². The second-order valence-electron chi connectivity index (χ2n) is 7.76. The maximum Gasteiger partial charge on any atom is 0.253 e. The molecule has 6 nitrogen and oxygen atoms in total. The Morgan fingerprint density at radius 1 is 1.00 bits per heavy atom. The number of piperazine rings is 1. The van der Waals surface area contributed by atoms with Crippen LogP contribution in [0.5, 0.6) is 0 Å². The SMILES string of the molecule is Cc1cccc(N2CCN(C(=O)c3ccc(S(=O)(=O)N(C)C(C)C)cc3)CC2)c1. The van der Waals surface area contributed by atoms with E-state index in [1.54, 1.807) is 19.2 Å². The summed E-state index contributed by atoms with van der Waals surface area (Å²) in [5, 5.41) is 0. The molecule has 2 aromatic carbocycles. The highest BCUT2D eigenvalue weighted by molar-refractivity contribution is 7.89. The van der Waals surface area contributed by atoms with Crippen LogP contribution in [0.25, 0.3) is 0 Å². The molecular weight excluding hydrogens is 386 g/mol. The normalized spacial score (nSPS) is 15.2. The predicted molar refractivity (Wildman–Crippen MR) is 116 cm³/mol. The number of benzene rings is 2. The van der Waals surface area contributed by atoms with E-state index in [2.05, 4.69) is 36.1 Å². The minimum Gasteiger partial charge on any atom is -0.368 e. The van der Waals surface area contributed by atoms with E-state index >= 15 is 0 Å². The number of rotatable bonds is 5. The summed E-state index contributed by atoms with van der Waals surface area (Å²) in [5.74, 6) is -0.0601. The molecule has 29 heavy (non-hydrogen) atoms. The topological polar surface area (TPSA) is 60.9 Å². The average Bonchev–Trinajstić information content (AvgIpc) is 2.72. The van der Waals surface area contributed by atoms with E-state index in [4.69, 9.17) is 0 Å². The lowest BCUT2D eigenvalue weighted by Crippen LogP contribution is -2.48. The summed E-state index contributed by atoms with van der Waals surface area (Å²) in [6.45, 7) is 8.57. The van der Waals surface area contributed by atoms with E-state index in [0.29, 0.717) is 18.7 Å². The highest BCUT2D eigenvalue weighted by Gasteiger charge is 2.25. The molecule has 0 aromatic heterocycles. The first-order valence-corrected chi connectivity index (χ1v) is 11.3. The van der Waals surface area contributed by atoms with Crippen molar-refractivity contribution >= 4 is 21.6 Å². The Kier molecular flexibility index (Phi) is 6.29. The van der Waals surface area contributed by atoms with Gasteiger partial charge in [-0.1, -0.05) is 12.1 Å². The lowest BCUT2D eigenvalue weighted by Gasteiger charge is -2.36. The quantitative estimate of drug-likeness (QED) is 0.753. The van der Waals surface area contributed by atoms with Crippen LogP contribution in [0.15, 0.2) is 53.4 Å². The molecule has 3 rings (SSSR count). The van der Waals surface area contributed by atoms with E-state index in [1.165, 1.54) is 27.7 Å². The van der Waals surface area contributed by atoms with Crippen LogP contribution in [0.2, 0.25) is 0 Å². The summed E-state index contributed by atoms with van der Waals surface area (Å²) in [6.07, 6.45) is 0. The molecule has 156 valence electrons. The number of carbonyl (C=O) groups is 1. The van der Waals surface area contributed by atoms with Gasteiger partial charge < -0.3 is 9.80 Å². The molecule has 1 amide bonds. The van der Waals surface area contributed by atoms with Crippen molar-refractivity contribution in [2.75, 3.05) is 38.1 Å². The second kappa shape index (κ2) is 8.55. The lowest BCUT2D eigenvalue weighted by molar-refractivity contribution is 0.0746. The summed E-state index contributed by atoms with van der Waals surface area (Å²) < 4.78 is 26.5. The number of hydrogen-bond donors (Lipinski definition) is 0. The second-order valence-corrected chi connectivity index (χ2v) is 9.76. The zero-order valence-corrected chi connectivity index (χ0v) is 18.3. The molecule has 1 aliphatic heterocycles. The monoisotopic (exact) mass is 415 g/mol. The zero-order chi connectivity index (χ0) is 21.2. The molecular formula is C22H29N3O3S. The Morgan fingerprint density at radius 3 is 2.17 bits per heavy atom. The van der Waals surface area contributed by atoms with Crippen LogP contribution in [0, 0.1) is 6.92 Å². The van der Waals surface area contributed by atoms with Gasteiger partial charge in [-0.3, -0.25) is 4.79 Å². The van der Waals surface area contributed by atoms with Gasteiger partial charge in [-0.25, -0.2) is 8.42 Å². The van der Waals surface area contributed by atoms with Gasteiger partial charge in [0.1, 0.15) is 0 Å². The fraction of sp³-hybridized carbons (Fsp3) is 0.409. The fourth-order valence-corrected chi connectivity index (χ4v) is 4.76. The van der Waals surface area contributed by atoms with Crippen molar-refractivity contribution < 1.29 is 13.2 Å². The highest BCUT2D eigenvalue weighted by Crippen LogP contribution is 2.20. The summed E-state index contributed by atoms with van der Waals surface area (Å²) in [4.78, 5) is 17.2. The van der Waals surface area contributed by atoms with Gasteiger partial charge in [0.15, 0.2) is 0 Å². The Balaban J connectivity index is 1.66. The third-order valence-electron chi connectivity index (χ3n) is 5.44. The van der Waals surface area contributed by atoms with Crippen molar-refractivity contribution in [2.24, 2.45) is 0 Å². The molecule has 1 fully saturated rings.